The second-order valence-corrected chi connectivity index (χ2v) is 9.56. The van der Waals surface area contributed by atoms with Crippen molar-refractivity contribution in [2.24, 2.45) is 0 Å². The zero-order valence-corrected chi connectivity index (χ0v) is 13.2. The molecule has 0 saturated heterocycles. The average molecular weight is 281 g/mol. The third-order valence-electron chi connectivity index (χ3n) is 3.73. The fourth-order valence-corrected chi connectivity index (χ4v) is 6.28. The molecule has 0 aromatic heterocycles. The Morgan fingerprint density at radius 3 is 2.00 bits per heavy atom. The molecule has 4 nitrogen and oxygen atoms in total. The van der Waals surface area contributed by atoms with E-state index in [0.29, 0.717) is 6.04 Å². The van der Waals surface area contributed by atoms with Crippen LogP contribution in [-0.4, -0.2) is 31.7 Å². The predicted molar refractivity (Wildman–Crippen MR) is 65.1 cm³/mol. The molecule has 0 aromatic rings. The first kappa shape index (κ1) is 15.6. The molecule has 0 aromatic carbocycles. The summed E-state index contributed by atoms with van der Waals surface area (Å²) in [5, 5.41) is 3.71. The van der Waals surface area contributed by atoms with Crippen LogP contribution in [0.2, 0.25) is 0 Å². The molecule has 1 N–H and O–H groups in total. The van der Waals surface area contributed by atoms with Crippen molar-refractivity contribution in [3.8, 4) is 0 Å². The number of rotatable bonds is 7. The van der Waals surface area contributed by atoms with Gasteiger partial charge in [0.15, 0.2) is 0 Å². The summed E-state index contributed by atoms with van der Waals surface area (Å²) in [5.74, 6) is 0. The quantitative estimate of drug-likeness (QED) is 0.728. The first-order valence-electron chi connectivity index (χ1n) is 6.63. The van der Waals surface area contributed by atoms with E-state index >= 15 is 0 Å². The van der Waals surface area contributed by atoms with Gasteiger partial charge < -0.3 is 0 Å². The average Bonchev–Trinajstić information content (AvgIpc) is 2.41. The predicted octanol–water partition coefficient (Wildman–Crippen LogP) is 2.48. The van der Waals surface area contributed by atoms with Crippen molar-refractivity contribution in [2.45, 2.75) is 55.8 Å². The molecule has 0 radical (unpaired) electrons. The van der Waals surface area contributed by atoms with Gasteiger partial charge in [-0.25, -0.2) is 0 Å². The third kappa shape index (κ3) is 4.01. The molecule has 0 bridgehead atoms. The number of nitrogens with one attached hydrogen (secondary N) is 1. The second-order valence-electron chi connectivity index (χ2n) is 4.68. The molecule has 0 heterocycles. The van der Waals surface area contributed by atoms with Crippen LogP contribution in [0.15, 0.2) is 0 Å². The van der Waals surface area contributed by atoms with Gasteiger partial charge in [0.05, 0.1) is 0 Å². The van der Waals surface area contributed by atoms with E-state index in [9.17, 15) is 0 Å². The Bertz CT molecular complexity index is 198. The molecule has 1 atom stereocenters. The molecule has 1 fully saturated rings. The van der Waals surface area contributed by atoms with Crippen LogP contribution in [0.3, 0.4) is 0 Å². The Kier molecular flexibility index (Phi) is 7.23. The fraction of sp³-hybridized carbons (Fsp3) is 1.00. The van der Waals surface area contributed by atoms with Gasteiger partial charge in [-0.2, -0.15) is 0 Å². The van der Waals surface area contributed by atoms with Crippen molar-refractivity contribution in [1.29, 1.82) is 0 Å². The SMILES string of the molecule is CC[CH](NC1CCCCC1)[Ti]([O]C)([O]C)[O]C. The normalized spacial score (nSPS) is 20.5. The van der Waals surface area contributed by atoms with E-state index in [1.165, 1.54) is 32.1 Å². The Hall–Kier alpha value is 0.554. The van der Waals surface area contributed by atoms with Gasteiger partial charge in [0.1, 0.15) is 0 Å². The molecule has 1 unspecified atom stereocenters. The zero-order valence-electron chi connectivity index (χ0n) is 11.6. The Labute approximate surface area is 110 Å². The van der Waals surface area contributed by atoms with Crippen molar-refractivity contribution < 1.29 is 27.7 Å². The molecule has 1 saturated carbocycles. The van der Waals surface area contributed by atoms with Crippen molar-refractivity contribution >= 4 is 0 Å². The molecule has 1 rings (SSSR count). The van der Waals surface area contributed by atoms with E-state index in [1.54, 1.807) is 21.3 Å². The van der Waals surface area contributed by atoms with Gasteiger partial charge in [0.2, 0.25) is 0 Å². The maximum absolute atomic E-state index is 5.61. The van der Waals surface area contributed by atoms with E-state index in [4.69, 9.17) is 9.96 Å². The molecule has 17 heavy (non-hydrogen) atoms. The summed E-state index contributed by atoms with van der Waals surface area (Å²) in [6, 6.07) is 0.610. The first-order chi connectivity index (χ1) is 8.22. The van der Waals surface area contributed by atoms with Crippen LogP contribution in [0.5, 0.6) is 0 Å². The monoisotopic (exact) mass is 281 g/mol. The number of hydrogen-bond donors (Lipinski definition) is 1. The zero-order chi connectivity index (χ0) is 12.7. The van der Waals surface area contributed by atoms with Crippen LogP contribution in [0, 0.1) is 0 Å². The van der Waals surface area contributed by atoms with Gasteiger partial charge in [-0.05, 0) is 0 Å². The van der Waals surface area contributed by atoms with Crippen molar-refractivity contribution in [3.05, 3.63) is 0 Å². The topological polar surface area (TPSA) is 39.7 Å². The van der Waals surface area contributed by atoms with E-state index in [0.717, 1.165) is 6.42 Å². The van der Waals surface area contributed by atoms with Gasteiger partial charge >= 0.3 is 110 Å². The van der Waals surface area contributed by atoms with Gasteiger partial charge in [-0.1, -0.05) is 0 Å². The molecular formula is C12H27NO3Ti. The molecule has 102 valence electrons. The van der Waals surface area contributed by atoms with Crippen LogP contribution in [-0.2, 0) is 27.7 Å². The molecule has 0 spiro atoms. The van der Waals surface area contributed by atoms with Crippen LogP contribution >= 0.6 is 0 Å². The van der Waals surface area contributed by atoms with Gasteiger partial charge in [0.25, 0.3) is 0 Å². The van der Waals surface area contributed by atoms with Crippen LogP contribution in [0.25, 0.3) is 0 Å². The Morgan fingerprint density at radius 2 is 1.59 bits per heavy atom. The van der Waals surface area contributed by atoms with E-state index in [1.807, 2.05) is 0 Å². The number of hydrogen-bond acceptors (Lipinski definition) is 4. The third-order valence-corrected chi connectivity index (χ3v) is 8.63. The van der Waals surface area contributed by atoms with Crippen LogP contribution in [0.1, 0.15) is 45.4 Å². The Balaban J connectivity index is 2.61. The van der Waals surface area contributed by atoms with E-state index in [2.05, 4.69) is 12.2 Å². The summed E-state index contributed by atoms with van der Waals surface area (Å²) >= 11 is -3.09. The van der Waals surface area contributed by atoms with Gasteiger partial charge in [-0.3, -0.25) is 0 Å². The molecule has 0 aliphatic heterocycles. The standard InChI is InChI=1S/C9H18N.3CH3O.Ti/c1-2-8-10-9-6-4-3-5-7-9;3*1-2;/h8-10H,2-7H2,1H3;3*1H3;/q;3*-1;+3. The summed E-state index contributed by atoms with van der Waals surface area (Å²) in [6.07, 6.45) is 7.58. The fourth-order valence-electron chi connectivity index (χ4n) is 2.70. The first-order valence-corrected chi connectivity index (χ1v) is 9.45. The van der Waals surface area contributed by atoms with Crippen LogP contribution < -0.4 is 5.32 Å². The molecular weight excluding hydrogens is 254 g/mol. The van der Waals surface area contributed by atoms with Crippen LogP contribution in [0.4, 0.5) is 0 Å². The molecule has 1 aliphatic rings. The molecule has 1 aliphatic carbocycles. The molecule has 0 amide bonds. The maximum atomic E-state index is 5.61. The van der Waals surface area contributed by atoms with Crippen molar-refractivity contribution in [1.82, 2.24) is 5.32 Å². The van der Waals surface area contributed by atoms with Crippen molar-refractivity contribution in [3.63, 3.8) is 0 Å². The minimum absolute atomic E-state index is 0.248. The van der Waals surface area contributed by atoms with Gasteiger partial charge in [-0.15, -0.1) is 0 Å². The van der Waals surface area contributed by atoms with Gasteiger partial charge in [0, 0.05) is 0 Å². The second kappa shape index (κ2) is 7.87. The molecule has 5 heteroatoms. The summed E-state index contributed by atoms with van der Waals surface area (Å²) in [7, 11) is 5.12. The minimum atomic E-state index is -3.09. The summed E-state index contributed by atoms with van der Waals surface area (Å²) in [4.78, 5) is 0. The van der Waals surface area contributed by atoms with E-state index < -0.39 is 17.8 Å². The summed E-state index contributed by atoms with van der Waals surface area (Å²) < 4.78 is 17.1. The summed E-state index contributed by atoms with van der Waals surface area (Å²) in [6.45, 7) is 2.16. The summed E-state index contributed by atoms with van der Waals surface area (Å²) in [5.41, 5.74) is 0. The van der Waals surface area contributed by atoms with E-state index in [-0.39, 0.29) is 4.35 Å². The Morgan fingerprint density at radius 1 is 1.06 bits per heavy atom. The van der Waals surface area contributed by atoms with Crippen molar-refractivity contribution in [2.75, 3.05) is 21.3 Å².